The molecule has 0 aliphatic rings. The molecule has 0 rings (SSSR count). The van der Waals surface area contributed by atoms with Gasteiger partial charge in [-0.25, -0.2) is 0 Å². The smallest absolute Gasteiger partial charge is 0.303 e. The Morgan fingerprint density at radius 2 is 1.77 bits per heavy atom. The Morgan fingerprint density at radius 3 is 2.23 bits per heavy atom. The molecule has 0 fully saturated rings. The van der Waals surface area contributed by atoms with Gasteiger partial charge in [0, 0.05) is 12.8 Å². The lowest BCUT2D eigenvalue weighted by atomic mass is 10.0. The minimum Gasteiger partial charge on any atom is -0.481 e. The van der Waals surface area contributed by atoms with E-state index in [4.69, 9.17) is 5.11 Å². The van der Waals surface area contributed by atoms with Gasteiger partial charge in [0.1, 0.15) is 5.78 Å². The highest BCUT2D eigenvalue weighted by molar-refractivity contribution is 5.82. The Bertz CT molecular complexity index is 173. The van der Waals surface area contributed by atoms with E-state index in [9.17, 15) is 9.59 Å². The fourth-order valence-corrected chi connectivity index (χ4v) is 1.08. The lowest BCUT2D eigenvalue weighted by molar-refractivity contribution is -0.138. The van der Waals surface area contributed by atoms with E-state index in [0.29, 0.717) is 12.3 Å². The average molecular weight is 186 g/mol. The predicted molar refractivity (Wildman–Crippen MR) is 50.6 cm³/mol. The van der Waals surface area contributed by atoms with Gasteiger partial charge in [0.25, 0.3) is 0 Å². The monoisotopic (exact) mass is 186 g/mol. The maximum Gasteiger partial charge on any atom is 0.303 e. The van der Waals surface area contributed by atoms with E-state index >= 15 is 0 Å². The quantitative estimate of drug-likeness (QED) is 0.663. The lowest BCUT2D eigenvalue weighted by Gasteiger charge is -2.02. The first-order valence-electron chi connectivity index (χ1n) is 4.76. The maximum atomic E-state index is 11.1. The largest absolute Gasteiger partial charge is 0.481 e. The highest BCUT2D eigenvalue weighted by Gasteiger charge is 2.05. The van der Waals surface area contributed by atoms with Crippen LogP contribution in [-0.2, 0) is 9.59 Å². The maximum absolute atomic E-state index is 11.1. The minimum atomic E-state index is -0.891. The summed E-state index contributed by atoms with van der Waals surface area (Å²) in [6.45, 7) is 4.23. The van der Waals surface area contributed by atoms with Crippen LogP contribution in [0, 0.1) is 5.92 Å². The minimum absolute atomic E-state index is 0.0273. The van der Waals surface area contributed by atoms with Gasteiger partial charge in [0.2, 0.25) is 0 Å². The number of hydrogen-bond acceptors (Lipinski definition) is 2. The second-order valence-corrected chi connectivity index (χ2v) is 3.72. The Labute approximate surface area is 79.1 Å². The zero-order valence-corrected chi connectivity index (χ0v) is 8.38. The number of carbonyl (C=O) groups is 2. The van der Waals surface area contributed by atoms with Gasteiger partial charge in [-0.3, -0.25) is 9.59 Å². The van der Waals surface area contributed by atoms with Gasteiger partial charge in [-0.1, -0.05) is 20.3 Å². The first-order valence-corrected chi connectivity index (χ1v) is 4.76. The topological polar surface area (TPSA) is 54.4 Å². The van der Waals surface area contributed by atoms with Crippen molar-refractivity contribution >= 4 is 11.8 Å². The van der Waals surface area contributed by atoms with Crippen molar-refractivity contribution in [2.45, 2.75) is 46.0 Å². The second-order valence-electron chi connectivity index (χ2n) is 3.72. The van der Waals surface area contributed by atoms with Crippen LogP contribution in [-0.4, -0.2) is 16.9 Å². The van der Waals surface area contributed by atoms with Gasteiger partial charge in [0.05, 0.1) is 6.42 Å². The summed E-state index contributed by atoms with van der Waals surface area (Å²) in [5, 5.41) is 8.32. The van der Waals surface area contributed by atoms with Crippen LogP contribution in [0.2, 0.25) is 0 Å². The van der Waals surface area contributed by atoms with Crippen molar-refractivity contribution in [3.05, 3.63) is 0 Å². The van der Waals surface area contributed by atoms with Gasteiger partial charge in [0.15, 0.2) is 0 Å². The van der Waals surface area contributed by atoms with Gasteiger partial charge in [-0.05, 0) is 12.3 Å². The number of carbonyl (C=O) groups excluding carboxylic acids is 1. The summed E-state index contributed by atoms with van der Waals surface area (Å²) in [7, 11) is 0. The van der Waals surface area contributed by atoms with Crippen LogP contribution in [0.25, 0.3) is 0 Å². The zero-order valence-electron chi connectivity index (χ0n) is 8.38. The third kappa shape index (κ3) is 9.05. The van der Waals surface area contributed by atoms with Crippen molar-refractivity contribution in [3.63, 3.8) is 0 Å². The number of hydrogen-bond donors (Lipinski definition) is 1. The summed E-state index contributed by atoms with van der Waals surface area (Å²) in [4.78, 5) is 21.2. The highest BCUT2D eigenvalue weighted by atomic mass is 16.4. The van der Waals surface area contributed by atoms with E-state index in [1.165, 1.54) is 0 Å². The summed E-state index contributed by atoms with van der Waals surface area (Å²) in [5.74, 6) is -0.201. The number of rotatable bonds is 7. The Kier molecular flexibility index (Phi) is 6.20. The van der Waals surface area contributed by atoms with Crippen molar-refractivity contribution in [3.8, 4) is 0 Å². The number of ketones is 1. The standard InChI is InChI=1S/C10H18O3/c1-8(2)4-3-5-9(11)6-7-10(12)13/h8H,3-7H2,1-2H3,(H,12,13). The van der Waals surface area contributed by atoms with Crippen LogP contribution in [0.4, 0.5) is 0 Å². The van der Waals surface area contributed by atoms with Gasteiger partial charge < -0.3 is 5.11 Å². The molecular formula is C10H18O3. The first-order chi connectivity index (χ1) is 6.02. The van der Waals surface area contributed by atoms with E-state index in [2.05, 4.69) is 13.8 Å². The van der Waals surface area contributed by atoms with E-state index in [1.807, 2.05) is 0 Å². The summed E-state index contributed by atoms with van der Waals surface area (Å²) < 4.78 is 0. The molecule has 0 saturated carbocycles. The molecule has 1 N–H and O–H groups in total. The zero-order chi connectivity index (χ0) is 10.3. The van der Waals surface area contributed by atoms with Crippen molar-refractivity contribution in [1.29, 1.82) is 0 Å². The highest BCUT2D eigenvalue weighted by Crippen LogP contribution is 2.08. The summed E-state index contributed by atoms with van der Waals surface area (Å²) in [5.41, 5.74) is 0. The van der Waals surface area contributed by atoms with Crippen LogP contribution in [0.15, 0.2) is 0 Å². The Morgan fingerprint density at radius 1 is 1.15 bits per heavy atom. The van der Waals surface area contributed by atoms with Crippen LogP contribution in [0.5, 0.6) is 0 Å². The number of carboxylic acid groups (broad SMARTS) is 1. The molecule has 3 nitrogen and oxygen atoms in total. The first kappa shape index (κ1) is 12.1. The van der Waals surface area contributed by atoms with E-state index < -0.39 is 5.97 Å². The molecule has 0 bridgehead atoms. The fraction of sp³-hybridized carbons (Fsp3) is 0.800. The van der Waals surface area contributed by atoms with E-state index in [1.54, 1.807) is 0 Å². The molecule has 0 unspecified atom stereocenters. The third-order valence-electron chi connectivity index (χ3n) is 1.85. The van der Waals surface area contributed by atoms with Gasteiger partial charge in [-0.15, -0.1) is 0 Å². The molecule has 0 aliphatic heterocycles. The van der Waals surface area contributed by atoms with Crippen LogP contribution in [0.3, 0.4) is 0 Å². The fourth-order valence-electron chi connectivity index (χ4n) is 1.08. The van der Waals surface area contributed by atoms with Crippen molar-refractivity contribution < 1.29 is 14.7 Å². The predicted octanol–water partition coefficient (Wildman–Crippen LogP) is 2.25. The normalized spacial score (nSPS) is 10.4. The molecule has 0 aromatic carbocycles. The molecule has 3 heteroatoms. The van der Waals surface area contributed by atoms with Gasteiger partial charge >= 0.3 is 5.97 Å². The van der Waals surface area contributed by atoms with E-state index in [-0.39, 0.29) is 18.6 Å². The molecule has 76 valence electrons. The number of carboxylic acids is 1. The molecule has 0 amide bonds. The van der Waals surface area contributed by atoms with Gasteiger partial charge in [-0.2, -0.15) is 0 Å². The average Bonchev–Trinajstić information content (AvgIpc) is 2.00. The Hall–Kier alpha value is -0.860. The summed E-state index contributed by atoms with van der Waals surface area (Å²) in [6, 6.07) is 0. The summed E-state index contributed by atoms with van der Waals surface area (Å²) in [6.07, 6.45) is 2.62. The molecule has 0 saturated heterocycles. The number of Topliss-reactive ketones (excluding diaryl/α,β-unsaturated/α-hetero) is 1. The lowest BCUT2D eigenvalue weighted by Crippen LogP contribution is -2.03. The second kappa shape index (κ2) is 6.63. The van der Waals surface area contributed by atoms with Crippen LogP contribution >= 0.6 is 0 Å². The molecule has 13 heavy (non-hydrogen) atoms. The van der Waals surface area contributed by atoms with E-state index in [0.717, 1.165) is 12.8 Å². The molecule has 0 spiro atoms. The van der Waals surface area contributed by atoms with Crippen LogP contribution in [0.1, 0.15) is 46.0 Å². The molecule has 0 aliphatic carbocycles. The van der Waals surface area contributed by atoms with Crippen molar-refractivity contribution in [2.75, 3.05) is 0 Å². The van der Waals surface area contributed by atoms with Crippen LogP contribution < -0.4 is 0 Å². The molecule has 0 radical (unpaired) electrons. The summed E-state index contributed by atoms with van der Waals surface area (Å²) >= 11 is 0. The van der Waals surface area contributed by atoms with Crippen molar-refractivity contribution in [2.24, 2.45) is 5.92 Å². The molecule has 0 atom stereocenters. The molecule has 0 heterocycles. The number of aliphatic carboxylic acids is 1. The third-order valence-corrected chi connectivity index (χ3v) is 1.85. The molecule has 0 aromatic heterocycles. The molecular weight excluding hydrogens is 168 g/mol. The SMILES string of the molecule is CC(C)CCCC(=O)CCC(=O)O. The molecule has 0 aromatic rings. The Balaban J connectivity index is 3.36. The van der Waals surface area contributed by atoms with Crippen molar-refractivity contribution in [1.82, 2.24) is 0 Å².